The highest BCUT2D eigenvalue weighted by Gasteiger charge is 2.53. The summed E-state index contributed by atoms with van der Waals surface area (Å²) in [6, 6.07) is 6.44. The summed E-state index contributed by atoms with van der Waals surface area (Å²) in [4.78, 5) is 18.5. The second kappa shape index (κ2) is 5.82. The third-order valence-corrected chi connectivity index (χ3v) is 5.21. The number of aliphatic imine (C=N–C) groups is 1. The summed E-state index contributed by atoms with van der Waals surface area (Å²) >= 11 is 0. The van der Waals surface area contributed by atoms with Gasteiger partial charge in [-0.2, -0.15) is 5.10 Å². The van der Waals surface area contributed by atoms with Crippen LogP contribution in [0, 0.1) is 11.2 Å². The van der Waals surface area contributed by atoms with E-state index in [4.69, 9.17) is 5.73 Å². The first kappa shape index (κ1) is 17.9. The van der Waals surface area contributed by atoms with Gasteiger partial charge in [-0.15, -0.1) is 0 Å². The summed E-state index contributed by atoms with van der Waals surface area (Å²) in [6.07, 6.45) is 1.80. The lowest BCUT2D eigenvalue weighted by Gasteiger charge is -2.46. The number of amides is 1. The number of carbonyl (C=O) groups excluding carboxylic acids is 1. The van der Waals surface area contributed by atoms with Gasteiger partial charge in [-0.25, -0.2) is 9.38 Å². The highest BCUT2D eigenvalue weighted by molar-refractivity contribution is 6.01. The molecule has 3 N–H and O–H groups in total. The molecule has 7 nitrogen and oxygen atoms in total. The molecule has 0 radical (unpaired) electrons. The van der Waals surface area contributed by atoms with Crippen LogP contribution in [0.2, 0.25) is 0 Å². The van der Waals surface area contributed by atoms with E-state index in [1.165, 1.54) is 11.0 Å². The standard InChI is InChI=1S/C18H23FN6O/c1-17(2)15(26)25(5)16(20)22-18(17,3)12-10-11(6-7-13(12)19)21-14-8-9-24(4)23-14/h6-10H,1-5H3,(H2,20,22)(H,21,23)/t18-/m1/s1. The Morgan fingerprint density at radius 1 is 1.19 bits per heavy atom. The summed E-state index contributed by atoms with van der Waals surface area (Å²) in [5.74, 6) is 0.0484. The number of anilines is 2. The van der Waals surface area contributed by atoms with E-state index in [1.54, 1.807) is 50.8 Å². The largest absolute Gasteiger partial charge is 0.369 e. The van der Waals surface area contributed by atoms with E-state index in [9.17, 15) is 9.18 Å². The van der Waals surface area contributed by atoms with Crippen LogP contribution >= 0.6 is 0 Å². The zero-order valence-corrected chi connectivity index (χ0v) is 15.5. The minimum atomic E-state index is -1.15. The Morgan fingerprint density at radius 3 is 2.50 bits per heavy atom. The number of aryl methyl sites for hydroxylation is 1. The number of benzene rings is 1. The van der Waals surface area contributed by atoms with Crippen molar-refractivity contribution < 1.29 is 9.18 Å². The lowest BCUT2D eigenvalue weighted by Crippen LogP contribution is -2.58. The highest BCUT2D eigenvalue weighted by Crippen LogP contribution is 2.47. The van der Waals surface area contributed by atoms with Crippen LogP contribution in [0.4, 0.5) is 15.9 Å². The topological polar surface area (TPSA) is 88.5 Å². The van der Waals surface area contributed by atoms with Gasteiger partial charge in [0.15, 0.2) is 11.8 Å². The molecule has 1 amide bonds. The quantitative estimate of drug-likeness (QED) is 0.881. The molecule has 0 bridgehead atoms. The van der Waals surface area contributed by atoms with Gasteiger partial charge in [0.1, 0.15) is 11.4 Å². The first-order valence-electron chi connectivity index (χ1n) is 8.26. The summed E-state index contributed by atoms with van der Waals surface area (Å²) < 4.78 is 16.4. The predicted octanol–water partition coefficient (Wildman–Crippen LogP) is 2.33. The number of nitrogens with two attached hydrogens (primary N) is 1. The molecular weight excluding hydrogens is 335 g/mol. The van der Waals surface area contributed by atoms with Crippen molar-refractivity contribution in [1.29, 1.82) is 0 Å². The molecule has 2 aromatic rings. The number of hydrogen-bond donors (Lipinski definition) is 2. The average Bonchev–Trinajstić information content (AvgIpc) is 2.98. The van der Waals surface area contributed by atoms with Crippen molar-refractivity contribution in [3.05, 3.63) is 41.8 Å². The van der Waals surface area contributed by atoms with E-state index < -0.39 is 16.8 Å². The molecule has 1 aromatic carbocycles. The Kier molecular flexibility index (Phi) is 4.01. The molecule has 0 spiro atoms. The van der Waals surface area contributed by atoms with Gasteiger partial charge in [0, 0.05) is 37.6 Å². The number of hydrogen-bond acceptors (Lipinski definition) is 5. The summed E-state index contributed by atoms with van der Waals surface area (Å²) in [7, 11) is 3.38. The number of nitrogens with one attached hydrogen (secondary N) is 1. The van der Waals surface area contributed by atoms with E-state index in [1.807, 2.05) is 13.1 Å². The Hall–Kier alpha value is -2.90. The van der Waals surface area contributed by atoms with Crippen LogP contribution in [-0.4, -0.2) is 33.6 Å². The van der Waals surface area contributed by atoms with Gasteiger partial charge < -0.3 is 11.1 Å². The van der Waals surface area contributed by atoms with Crippen LogP contribution in [0.25, 0.3) is 0 Å². The van der Waals surface area contributed by atoms with Gasteiger partial charge in [0.2, 0.25) is 5.91 Å². The smallest absolute Gasteiger partial charge is 0.237 e. The van der Waals surface area contributed by atoms with Crippen LogP contribution in [0.15, 0.2) is 35.5 Å². The van der Waals surface area contributed by atoms with Crippen LogP contribution < -0.4 is 11.1 Å². The molecule has 26 heavy (non-hydrogen) atoms. The zero-order chi connectivity index (χ0) is 19.3. The maximum absolute atomic E-state index is 14.8. The Balaban J connectivity index is 2.10. The fourth-order valence-electron chi connectivity index (χ4n) is 3.18. The van der Waals surface area contributed by atoms with Gasteiger partial charge in [0.05, 0.1) is 5.41 Å². The fraction of sp³-hybridized carbons (Fsp3) is 0.389. The zero-order valence-electron chi connectivity index (χ0n) is 15.5. The molecule has 0 unspecified atom stereocenters. The fourth-order valence-corrected chi connectivity index (χ4v) is 3.18. The molecule has 1 aliphatic rings. The van der Waals surface area contributed by atoms with Crippen molar-refractivity contribution in [2.75, 3.05) is 12.4 Å². The third-order valence-electron chi connectivity index (χ3n) is 5.21. The molecule has 138 valence electrons. The van der Waals surface area contributed by atoms with Gasteiger partial charge in [-0.3, -0.25) is 14.4 Å². The number of carbonyl (C=O) groups is 1. The van der Waals surface area contributed by atoms with E-state index in [0.717, 1.165) is 0 Å². The average molecular weight is 358 g/mol. The predicted molar refractivity (Wildman–Crippen MR) is 98.4 cm³/mol. The Bertz CT molecular complexity index is 903. The molecule has 3 rings (SSSR count). The van der Waals surface area contributed by atoms with Crippen LogP contribution in [0.1, 0.15) is 26.3 Å². The van der Waals surface area contributed by atoms with Crippen LogP contribution in [0.3, 0.4) is 0 Å². The second-order valence-electron chi connectivity index (χ2n) is 7.23. The summed E-state index contributed by atoms with van der Waals surface area (Å²) in [5.41, 5.74) is 4.75. The summed E-state index contributed by atoms with van der Waals surface area (Å²) in [5, 5.41) is 7.39. The second-order valence-corrected chi connectivity index (χ2v) is 7.23. The van der Waals surface area contributed by atoms with Crippen molar-refractivity contribution in [1.82, 2.24) is 14.7 Å². The first-order chi connectivity index (χ1) is 12.1. The van der Waals surface area contributed by atoms with E-state index in [0.29, 0.717) is 17.1 Å². The molecule has 0 aliphatic carbocycles. The lowest BCUT2D eigenvalue weighted by atomic mass is 9.67. The van der Waals surface area contributed by atoms with Crippen molar-refractivity contribution >= 4 is 23.4 Å². The number of nitrogens with zero attached hydrogens (tertiary/aromatic N) is 4. The van der Waals surface area contributed by atoms with Crippen molar-refractivity contribution in [2.45, 2.75) is 26.3 Å². The maximum atomic E-state index is 14.8. The molecule has 0 saturated carbocycles. The van der Waals surface area contributed by atoms with Gasteiger partial charge in [-0.1, -0.05) is 0 Å². The van der Waals surface area contributed by atoms with E-state index >= 15 is 0 Å². The molecule has 0 saturated heterocycles. The maximum Gasteiger partial charge on any atom is 0.237 e. The number of rotatable bonds is 3. The molecule has 2 heterocycles. The molecule has 1 atom stereocenters. The van der Waals surface area contributed by atoms with E-state index in [-0.39, 0.29) is 11.9 Å². The van der Waals surface area contributed by atoms with Crippen molar-refractivity contribution in [2.24, 2.45) is 23.2 Å². The molecule has 1 aromatic heterocycles. The number of halogens is 1. The Labute approximate surface area is 151 Å². The van der Waals surface area contributed by atoms with Crippen molar-refractivity contribution in [3.63, 3.8) is 0 Å². The summed E-state index contributed by atoms with van der Waals surface area (Å²) in [6.45, 7) is 5.23. The minimum absolute atomic E-state index is 0.0688. The monoisotopic (exact) mass is 358 g/mol. The molecule has 8 heteroatoms. The number of guanidine groups is 1. The van der Waals surface area contributed by atoms with Gasteiger partial charge >= 0.3 is 0 Å². The first-order valence-corrected chi connectivity index (χ1v) is 8.26. The molecule has 0 fully saturated rings. The molecule has 1 aliphatic heterocycles. The highest BCUT2D eigenvalue weighted by atomic mass is 19.1. The lowest BCUT2D eigenvalue weighted by molar-refractivity contribution is -0.140. The SMILES string of the molecule is CN1C(=O)C(C)(C)[C@@](C)(c2cc(Nc3ccn(C)n3)ccc2F)N=C1N. The molecular formula is C18H23FN6O. The van der Waals surface area contributed by atoms with Crippen molar-refractivity contribution in [3.8, 4) is 0 Å². The van der Waals surface area contributed by atoms with Gasteiger partial charge in [-0.05, 0) is 39.0 Å². The third kappa shape index (κ3) is 2.61. The van der Waals surface area contributed by atoms with Gasteiger partial charge in [0.25, 0.3) is 0 Å². The normalized spacial score (nSPS) is 22.3. The van der Waals surface area contributed by atoms with Crippen LogP contribution in [-0.2, 0) is 17.4 Å². The Morgan fingerprint density at radius 2 is 1.88 bits per heavy atom. The van der Waals surface area contributed by atoms with Crippen LogP contribution in [0.5, 0.6) is 0 Å². The van der Waals surface area contributed by atoms with E-state index in [2.05, 4.69) is 15.4 Å². The minimum Gasteiger partial charge on any atom is -0.369 e. The number of aromatic nitrogens is 2.